The Bertz CT molecular complexity index is 650. The fraction of sp³-hybridized carbons (Fsp3) is 0.737. The monoisotopic (exact) mass is 477 g/mol. The average molecular weight is 478 g/mol. The lowest BCUT2D eigenvalue weighted by molar-refractivity contribution is -0.142. The first-order valence-corrected chi connectivity index (χ1v) is 11.7. The maximum atomic E-state index is 12.6. The molecule has 12 nitrogen and oxygen atoms in total. The molecule has 0 radical (unpaired) electrons. The van der Waals surface area contributed by atoms with Gasteiger partial charge in [0, 0.05) is 6.42 Å². The maximum Gasteiger partial charge on any atom is 0.326 e. The molecule has 3 amide bonds. The molecule has 4 unspecified atom stereocenters. The Morgan fingerprint density at radius 3 is 2.03 bits per heavy atom. The summed E-state index contributed by atoms with van der Waals surface area (Å²) in [5.41, 5.74) is 11.0. The van der Waals surface area contributed by atoms with Crippen LogP contribution in [0.25, 0.3) is 0 Å². The van der Waals surface area contributed by atoms with Crippen molar-refractivity contribution in [1.29, 1.82) is 0 Å². The molecule has 0 fully saturated rings. The van der Waals surface area contributed by atoms with Gasteiger partial charge in [0.1, 0.15) is 18.1 Å². The summed E-state index contributed by atoms with van der Waals surface area (Å²) in [5, 5.41) is 25.4. The highest BCUT2D eigenvalue weighted by Gasteiger charge is 2.28. The summed E-state index contributed by atoms with van der Waals surface area (Å²) in [6.45, 7) is 1.81. The van der Waals surface area contributed by atoms with Crippen LogP contribution in [0.2, 0.25) is 0 Å². The molecule has 0 spiro atoms. The van der Waals surface area contributed by atoms with Gasteiger partial charge in [-0.1, -0.05) is 0 Å². The number of carboxylic acid groups (broad SMARTS) is 2. The number of aliphatic carboxylic acids is 2. The number of unbranched alkanes of at least 4 members (excludes halogenated alkanes) is 1. The molecule has 0 aliphatic heterocycles. The zero-order valence-corrected chi connectivity index (χ0v) is 19.3. The van der Waals surface area contributed by atoms with E-state index in [4.69, 9.17) is 16.6 Å². The van der Waals surface area contributed by atoms with E-state index in [0.29, 0.717) is 25.1 Å². The second-order valence-corrected chi connectivity index (χ2v) is 8.28. The number of nitrogens with two attached hydrogens (primary N) is 2. The second kappa shape index (κ2) is 16.3. The normalized spacial score (nSPS) is 14.5. The van der Waals surface area contributed by atoms with Crippen LogP contribution >= 0.6 is 11.8 Å². The van der Waals surface area contributed by atoms with Crippen LogP contribution in [0.15, 0.2) is 0 Å². The number of carbonyl (C=O) groups is 5. The van der Waals surface area contributed by atoms with E-state index in [1.807, 2.05) is 6.26 Å². The molecule has 0 aliphatic carbocycles. The van der Waals surface area contributed by atoms with Crippen LogP contribution in [0.3, 0.4) is 0 Å². The number of hydrogen-bond acceptors (Lipinski definition) is 8. The number of rotatable bonds is 17. The molecule has 9 N–H and O–H groups in total. The highest BCUT2D eigenvalue weighted by molar-refractivity contribution is 7.98. The highest BCUT2D eigenvalue weighted by atomic mass is 32.2. The third-order valence-electron chi connectivity index (χ3n) is 4.56. The molecular formula is C19H35N5O7S. The molecule has 0 saturated carbocycles. The first-order chi connectivity index (χ1) is 15.0. The molecule has 0 aliphatic rings. The molecule has 0 aromatic carbocycles. The van der Waals surface area contributed by atoms with E-state index >= 15 is 0 Å². The van der Waals surface area contributed by atoms with Gasteiger partial charge in [-0.15, -0.1) is 0 Å². The lowest BCUT2D eigenvalue weighted by Crippen LogP contribution is -2.56. The molecular weight excluding hydrogens is 442 g/mol. The van der Waals surface area contributed by atoms with E-state index in [2.05, 4.69) is 16.0 Å². The number of hydrogen-bond donors (Lipinski definition) is 7. The van der Waals surface area contributed by atoms with Gasteiger partial charge >= 0.3 is 11.9 Å². The van der Waals surface area contributed by atoms with Gasteiger partial charge in [0.15, 0.2) is 0 Å². The summed E-state index contributed by atoms with van der Waals surface area (Å²) in [6.07, 6.45) is 3.07. The third-order valence-corrected chi connectivity index (χ3v) is 5.21. The first-order valence-electron chi connectivity index (χ1n) is 10.3. The Hall–Kier alpha value is -2.38. The third kappa shape index (κ3) is 12.5. The van der Waals surface area contributed by atoms with E-state index in [9.17, 15) is 29.1 Å². The van der Waals surface area contributed by atoms with Crippen LogP contribution in [-0.2, 0) is 24.0 Å². The summed E-state index contributed by atoms with van der Waals surface area (Å²) in [7, 11) is 0. The lowest BCUT2D eigenvalue weighted by atomic mass is 10.1. The van der Waals surface area contributed by atoms with Crippen LogP contribution in [0.1, 0.15) is 45.4 Å². The van der Waals surface area contributed by atoms with Gasteiger partial charge < -0.3 is 37.6 Å². The van der Waals surface area contributed by atoms with Crippen molar-refractivity contribution < 1.29 is 34.2 Å². The van der Waals surface area contributed by atoms with Crippen LogP contribution in [0.5, 0.6) is 0 Å². The number of thioether (sulfide) groups is 1. The van der Waals surface area contributed by atoms with Crippen LogP contribution in [-0.4, -0.2) is 82.6 Å². The van der Waals surface area contributed by atoms with Gasteiger partial charge in [0.05, 0.1) is 6.04 Å². The maximum absolute atomic E-state index is 12.6. The summed E-state index contributed by atoms with van der Waals surface area (Å²) in [6, 6.07) is -4.23. The van der Waals surface area contributed by atoms with Gasteiger partial charge in [-0.05, 0) is 57.6 Å². The van der Waals surface area contributed by atoms with Gasteiger partial charge in [-0.2, -0.15) is 11.8 Å². The Labute approximate surface area is 191 Å². The fourth-order valence-electron chi connectivity index (χ4n) is 2.62. The minimum atomic E-state index is -1.18. The Morgan fingerprint density at radius 2 is 1.50 bits per heavy atom. The Balaban J connectivity index is 4.98. The highest BCUT2D eigenvalue weighted by Crippen LogP contribution is 2.06. The minimum absolute atomic E-state index is 0.0883. The molecule has 0 heterocycles. The molecule has 0 aromatic rings. The summed E-state index contributed by atoms with van der Waals surface area (Å²) in [5.74, 6) is -3.72. The van der Waals surface area contributed by atoms with Crippen LogP contribution in [0.4, 0.5) is 0 Å². The van der Waals surface area contributed by atoms with Crippen molar-refractivity contribution in [3.63, 3.8) is 0 Å². The van der Waals surface area contributed by atoms with Crippen LogP contribution in [0, 0.1) is 0 Å². The number of amides is 3. The zero-order valence-electron chi connectivity index (χ0n) is 18.5. The fourth-order valence-corrected chi connectivity index (χ4v) is 3.09. The van der Waals surface area contributed by atoms with E-state index in [1.165, 1.54) is 18.7 Å². The largest absolute Gasteiger partial charge is 0.481 e. The summed E-state index contributed by atoms with van der Waals surface area (Å²) >= 11 is 1.45. The zero-order chi connectivity index (χ0) is 24.7. The van der Waals surface area contributed by atoms with Crippen molar-refractivity contribution in [3.8, 4) is 0 Å². The van der Waals surface area contributed by atoms with Crippen molar-refractivity contribution in [1.82, 2.24) is 16.0 Å². The molecule has 0 aromatic heterocycles. The van der Waals surface area contributed by atoms with Gasteiger partial charge in [-0.3, -0.25) is 19.2 Å². The predicted molar refractivity (Wildman–Crippen MR) is 120 cm³/mol. The lowest BCUT2D eigenvalue weighted by Gasteiger charge is -2.23. The molecule has 13 heteroatoms. The van der Waals surface area contributed by atoms with Crippen molar-refractivity contribution in [2.45, 2.75) is 69.6 Å². The molecule has 0 bridgehead atoms. The Kier molecular flexibility index (Phi) is 15.1. The second-order valence-electron chi connectivity index (χ2n) is 7.30. The molecule has 32 heavy (non-hydrogen) atoms. The number of nitrogens with one attached hydrogen (secondary N) is 3. The van der Waals surface area contributed by atoms with Gasteiger partial charge in [-0.25, -0.2) is 4.79 Å². The van der Waals surface area contributed by atoms with Crippen molar-refractivity contribution in [2.24, 2.45) is 11.5 Å². The predicted octanol–water partition coefficient (Wildman–Crippen LogP) is -1.38. The smallest absolute Gasteiger partial charge is 0.326 e. The average Bonchev–Trinajstić information content (AvgIpc) is 2.73. The minimum Gasteiger partial charge on any atom is -0.481 e. The molecule has 4 atom stereocenters. The van der Waals surface area contributed by atoms with Crippen molar-refractivity contribution in [3.05, 3.63) is 0 Å². The van der Waals surface area contributed by atoms with Crippen LogP contribution < -0.4 is 27.4 Å². The van der Waals surface area contributed by atoms with Gasteiger partial charge in [0.25, 0.3) is 0 Å². The van der Waals surface area contributed by atoms with E-state index in [1.54, 1.807) is 0 Å². The summed E-state index contributed by atoms with van der Waals surface area (Å²) in [4.78, 5) is 59.2. The van der Waals surface area contributed by atoms with Crippen molar-refractivity contribution in [2.75, 3.05) is 18.6 Å². The molecule has 184 valence electrons. The van der Waals surface area contributed by atoms with Crippen molar-refractivity contribution >= 4 is 41.4 Å². The first kappa shape index (κ1) is 29.6. The van der Waals surface area contributed by atoms with E-state index in [0.717, 1.165) is 0 Å². The quantitative estimate of drug-likeness (QED) is 0.122. The van der Waals surface area contributed by atoms with E-state index in [-0.39, 0.29) is 25.7 Å². The topological polar surface area (TPSA) is 214 Å². The Morgan fingerprint density at radius 1 is 0.875 bits per heavy atom. The molecule has 0 saturated heterocycles. The number of carboxylic acids is 2. The van der Waals surface area contributed by atoms with Gasteiger partial charge in [0.2, 0.25) is 17.7 Å². The molecule has 0 rings (SSSR count). The number of carbonyl (C=O) groups excluding carboxylic acids is 3. The standard InChI is InChI=1S/C19H35N5O7S/c1-11(22-17(28)12(21)6-7-15(25)26)16(27)23-13(8-10-32-2)18(29)24-14(19(30)31)5-3-4-9-20/h11-14H,3-10,20-21H2,1-2H3,(H,22,28)(H,23,27)(H,24,29)(H,25,26)(H,30,31). The summed E-state index contributed by atoms with van der Waals surface area (Å²) < 4.78 is 0. The SMILES string of the molecule is CSCCC(NC(=O)C(C)NC(=O)C(N)CCC(=O)O)C(=O)NC(CCCCN)C(=O)O. The van der Waals surface area contributed by atoms with E-state index < -0.39 is 53.8 Å².